The lowest BCUT2D eigenvalue weighted by atomic mass is 9.82. The number of nitrogens with zero attached hydrogens (tertiary/aromatic N) is 2. The number of amides is 2. The zero-order valence-electron chi connectivity index (χ0n) is 15.6. The van der Waals surface area contributed by atoms with Gasteiger partial charge in [0.2, 0.25) is 5.91 Å². The summed E-state index contributed by atoms with van der Waals surface area (Å²) in [6, 6.07) is 0.137. The molecule has 1 aromatic heterocycles. The number of H-pyrrole nitrogens is 1. The first kappa shape index (κ1) is 18.8. The summed E-state index contributed by atoms with van der Waals surface area (Å²) in [6.07, 6.45) is 6.35. The highest BCUT2D eigenvalue weighted by Gasteiger charge is 2.36. The molecule has 3 N–H and O–H groups in total. The molecule has 0 unspecified atom stereocenters. The van der Waals surface area contributed by atoms with Gasteiger partial charge in [0.25, 0.3) is 5.91 Å². The van der Waals surface area contributed by atoms with Crippen molar-refractivity contribution in [3.63, 3.8) is 0 Å². The van der Waals surface area contributed by atoms with Gasteiger partial charge in [-0.2, -0.15) is 15.4 Å². The standard InChI is InChI=1S/C18H29N5O3/c1-3-9-26-15-8-7-12(17(24)19-13-5-4-6-13)10-14(15)20-18(25)16-11(2)21-23-22-16/h12-15H,3-10H2,1-2H3,(H,19,24)(H,20,25)(H,21,22,23)/t12-,14+,15+/m0/s1. The van der Waals surface area contributed by atoms with E-state index in [2.05, 4.69) is 33.0 Å². The van der Waals surface area contributed by atoms with Crippen LogP contribution in [0.15, 0.2) is 0 Å². The summed E-state index contributed by atoms with van der Waals surface area (Å²) in [5, 5.41) is 16.4. The van der Waals surface area contributed by atoms with E-state index >= 15 is 0 Å². The lowest BCUT2D eigenvalue weighted by Gasteiger charge is -2.37. The highest BCUT2D eigenvalue weighted by molar-refractivity contribution is 5.93. The maximum absolute atomic E-state index is 12.5. The van der Waals surface area contributed by atoms with E-state index < -0.39 is 0 Å². The molecule has 2 saturated carbocycles. The molecule has 0 bridgehead atoms. The maximum atomic E-state index is 12.5. The Kier molecular flexibility index (Phi) is 6.24. The van der Waals surface area contributed by atoms with Crippen molar-refractivity contribution in [1.29, 1.82) is 0 Å². The minimum atomic E-state index is -0.272. The van der Waals surface area contributed by atoms with Crippen LogP contribution in [0.3, 0.4) is 0 Å². The molecule has 3 atom stereocenters. The smallest absolute Gasteiger partial charge is 0.274 e. The highest BCUT2D eigenvalue weighted by Crippen LogP contribution is 2.28. The van der Waals surface area contributed by atoms with Crippen molar-refractivity contribution in [3.8, 4) is 0 Å². The molecule has 2 fully saturated rings. The van der Waals surface area contributed by atoms with Crippen molar-refractivity contribution in [2.75, 3.05) is 6.61 Å². The number of rotatable bonds is 7. The third-order valence-corrected chi connectivity index (χ3v) is 5.40. The average Bonchev–Trinajstić information content (AvgIpc) is 3.03. The fraction of sp³-hybridized carbons (Fsp3) is 0.778. The second-order valence-corrected chi connectivity index (χ2v) is 7.39. The van der Waals surface area contributed by atoms with Crippen LogP contribution >= 0.6 is 0 Å². The van der Waals surface area contributed by atoms with Gasteiger partial charge in [0.05, 0.1) is 17.8 Å². The van der Waals surface area contributed by atoms with Crippen LogP contribution in [0.2, 0.25) is 0 Å². The predicted octanol–water partition coefficient (Wildman–Crippen LogP) is 1.48. The number of hydrogen-bond acceptors (Lipinski definition) is 5. The van der Waals surface area contributed by atoms with Crippen molar-refractivity contribution in [3.05, 3.63) is 11.4 Å². The quantitative estimate of drug-likeness (QED) is 0.680. The van der Waals surface area contributed by atoms with Gasteiger partial charge in [0.15, 0.2) is 5.69 Å². The summed E-state index contributed by atoms with van der Waals surface area (Å²) < 4.78 is 5.94. The number of ether oxygens (including phenoxy) is 1. The summed E-state index contributed by atoms with van der Waals surface area (Å²) in [4.78, 5) is 25.1. The average molecular weight is 363 g/mol. The topological polar surface area (TPSA) is 109 Å². The van der Waals surface area contributed by atoms with Crippen molar-refractivity contribution in [2.45, 2.75) is 77.0 Å². The maximum Gasteiger partial charge on any atom is 0.274 e. The summed E-state index contributed by atoms with van der Waals surface area (Å²) in [5.74, 6) is -0.243. The molecule has 0 aromatic carbocycles. The monoisotopic (exact) mass is 363 g/mol. The molecule has 2 aliphatic carbocycles. The number of hydrogen-bond donors (Lipinski definition) is 3. The van der Waals surface area contributed by atoms with Gasteiger partial charge in [-0.3, -0.25) is 9.59 Å². The van der Waals surface area contributed by atoms with E-state index in [1.165, 1.54) is 6.42 Å². The van der Waals surface area contributed by atoms with Gasteiger partial charge in [-0.15, -0.1) is 0 Å². The van der Waals surface area contributed by atoms with Gasteiger partial charge in [-0.1, -0.05) is 6.92 Å². The zero-order chi connectivity index (χ0) is 18.5. The first-order valence-electron chi connectivity index (χ1n) is 9.68. The zero-order valence-corrected chi connectivity index (χ0v) is 15.6. The number of carbonyl (C=O) groups excluding carboxylic acids is 2. The van der Waals surface area contributed by atoms with Crippen LogP contribution in [0.4, 0.5) is 0 Å². The molecule has 3 rings (SSSR count). The Hall–Kier alpha value is -1.96. The van der Waals surface area contributed by atoms with E-state index in [0.29, 0.717) is 30.5 Å². The molecule has 1 heterocycles. The van der Waals surface area contributed by atoms with Gasteiger partial charge in [-0.25, -0.2) is 0 Å². The normalized spacial score (nSPS) is 26.2. The molecule has 0 aliphatic heterocycles. The molecule has 2 aliphatic rings. The Labute approximate surface area is 153 Å². The molecule has 8 heteroatoms. The van der Waals surface area contributed by atoms with Crippen LogP contribution in [-0.4, -0.2) is 52.0 Å². The van der Waals surface area contributed by atoms with Gasteiger partial charge in [-0.05, 0) is 51.9 Å². The number of aromatic nitrogens is 3. The second kappa shape index (κ2) is 8.62. The third kappa shape index (κ3) is 4.41. The fourth-order valence-corrected chi connectivity index (χ4v) is 3.61. The Bertz CT molecular complexity index is 628. The van der Waals surface area contributed by atoms with Crippen molar-refractivity contribution < 1.29 is 14.3 Å². The van der Waals surface area contributed by atoms with Gasteiger partial charge in [0, 0.05) is 18.6 Å². The molecule has 0 radical (unpaired) electrons. The predicted molar refractivity (Wildman–Crippen MR) is 95.5 cm³/mol. The minimum absolute atomic E-state index is 0.0705. The number of aryl methyl sites for hydroxylation is 1. The second-order valence-electron chi connectivity index (χ2n) is 7.39. The molecular formula is C18H29N5O3. The number of aromatic amines is 1. The Balaban J connectivity index is 1.63. The summed E-state index contributed by atoms with van der Waals surface area (Å²) >= 11 is 0. The SMILES string of the molecule is CCCO[C@@H]1CC[C@H](C(=O)NC2CCC2)C[C@H]1NC(=O)c1n[nH]nc1C. The van der Waals surface area contributed by atoms with Crippen molar-refractivity contribution in [2.24, 2.45) is 5.92 Å². The molecule has 144 valence electrons. The molecule has 8 nitrogen and oxygen atoms in total. The van der Waals surface area contributed by atoms with Crippen LogP contribution < -0.4 is 10.6 Å². The summed E-state index contributed by atoms with van der Waals surface area (Å²) in [5.41, 5.74) is 0.851. The van der Waals surface area contributed by atoms with Gasteiger partial charge < -0.3 is 15.4 Å². The Morgan fingerprint density at radius 1 is 1.19 bits per heavy atom. The summed E-state index contributed by atoms with van der Waals surface area (Å²) in [7, 11) is 0. The van der Waals surface area contributed by atoms with E-state index in [9.17, 15) is 9.59 Å². The highest BCUT2D eigenvalue weighted by atomic mass is 16.5. The van der Waals surface area contributed by atoms with E-state index in [1.807, 2.05) is 0 Å². The lowest BCUT2D eigenvalue weighted by molar-refractivity contribution is -0.128. The molecule has 0 saturated heterocycles. The van der Waals surface area contributed by atoms with Crippen molar-refractivity contribution >= 4 is 11.8 Å². The fourth-order valence-electron chi connectivity index (χ4n) is 3.61. The molecule has 0 spiro atoms. The van der Waals surface area contributed by atoms with Gasteiger partial charge in [0.1, 0.15) is 0 Å². The van der Waals surface area contributed by atoms with Gasteiger partial charge >= 0.3 is 0 Å². The number of carbonyl (C=O) groups is 2. The van der Waals surface area contributed by atoms with Crippen molar-refractivity contribution in [1.82, 2.24) is 26.0 Å². The van der Waals surface area contributed by atoms with E-state index in [1.54, 1.807) is 6.92 Å². The lowest BCUT2D eigenvalue weighted by Crippen LogP contribution is -2.52. The van der Waals surface area contributed by atoms with Crippen LogP contribution in [0.1, 0.15) is 68.1 Å². The molecular weight excluding hydrogens is 334 g/mol. The molecule has 1 aromatic rings. The largest absolute Gasteiger partial charge is 0.376 e. The Morgan fingerprint density at radius 3 is 2.62 bits per heavy atom. The van der Waals surface area contributed by atoms with Crippen LogP contribution in [0.25, 0.3) is 0 Å². The van der Waals surface area contributed by atoms with Crippen LogP contribution in [0.5, 0.6) is 0 Å². The van der Waals surface area contributed by atoms with Crippen LogP contribution in [0, 0.1) is 12.8 Å². The molecule has 26 heavy (non-hydrogen) atoms. The summed E-state index contributed by atoms with van der Waals surface area (Å²) in [6.45, 7) is 4.45. The van der Waals surface area contributed by atoms with Crippen LogP contribution in [-0.2, 0) is 9.53 Å². The van der Waals surface area contributed by atoms with E-state index in [0.717, 1.165) is 32.1 Å². The third-order valence-electron chi connectivity index (χ3n) is 5.40. The first-order chi connectivity index (χ1) is 12.6. The van der Waals surface area contributed by atoms with E-state index in [4.69, 9.17) is 4.74 Å². The Morgan fingerprint density at radius 2 is 2.00 bits per heavy atom. The van der Waals surface area contributed by atoms with E-state index in [-0.39, 0.29) is 29.9 Å². The molecule has 2 amide bonds. The number of nitrogens with one attached hydrogen (secondary N) is 3. The first-order valence-corrected chi connectivity index (χ1v) is 9.68. The minimum Gasteiger partial charge on any atom is -0.376 e.